The van der Waals surface area contributed by atoms with Crippen LogP contribution in [0.25, 0.3) is 11.2 Å². The Hall–Kier alpha value is -1.40. The minimum absolute atomic E-state index is 0.0629. The third-order valence-electron chi connectivity index (χ3n) is 3.91. The van der Waals surface area contributed by atoms with Crippen LogP contribution in [0.3, 0.4) is 0 Å². The van der Waals surface area contributed by atoms with E-state index in [0.717, 1.165) is 25.7 Å². The fourth-order valence-corrected chi connectivity index (χ4v) is 2.93. The lowest BCUT2D eigenvalue weighted by atomic mass is 9.92. The first-order valence-corrected chi connectivity index (χ1v) is 6.80. The standard InChI is InChI=1S/C12H16ClN5O/c1-17-9-6-15-11(13)16-10(9)18(12(17)19)8-4-2-7(14)3-5-8/h6-8H,2-5,14H2,1H3. The van der Waals surface area contributed by atoms with Crippen LogP contribution in [0, 0.1) is 0 Å². The Bertz CT molecular complexity index is 669. The van der Waals surface area contributed by atoms with Crippen LogP contribution in [0.5, 0.6) is 0 Å². The van der Waals surface area contributed by atoms with Crippen molar-refractivity contribution in [1.29, 1.82) is 0 Å². The molecule has 7 heteroatoms. The number of hydrogen-bond acceptors (Lipinski definition) is 4. The summed E-state index contributed by atoms with van der Waals surface area (Å²) in [6.07, 6.45) is 5.28. The molecule has 0 atom stereocenters. The van der Waals surface area contributed by atoms with E-state index >= 15 is 0 Å². The number of imidazole rings is 1. The topological polar surface area (TPSA) is 78.7 Å². The summed E-state index contributed by atoms with van der Waals surface area (Å²) in [7, 11) is 1.73. The Morgan fingerprint density at radius 2 is 2.05 bits per heavy atom. The van der Waals surface area contributed by atoms with Crippen molar-refractivity contribution >= 4 is 22.8 Å². The van der Waals surface area contributed by atoms with Gasteiger partial charge in [0.25, 0.3) is 0 Å². The zero-order valence-corrected chi connectivity index (χ0v) is 11.5. The summed E-state index contributed by atoms with van der Waals surface area (Å²) in [5.41, 5.74) is 7.18. The molecule has 2 N–H and O–H groups in total. The van der Waals surface area contributed by atoms with Crippen LogP contribution in [-0.2, 0) is 7.05 Å². The van der Waals surface area contributed by atoms with Gasteiger partial charge in [0.1, 0.15) is 5.52 Å². The van der Waals surface area contributed by atoms with Crippen molar-refractivity contribution in [3.8, 4) is 0 Å². The predicted octanol–water partition coefficient (Wildman–Crippen LogP) is 1.23. The first-order chi connectivity index (χ1) is 9.08. The third kappa shape index (κ3) is 2.04. The summed E-state index contributed by atoms with van der Waals surface area (Å²) < 4.78 is 3.31. The average Bonchev–Trinajstić information content (AvgIpc) is 2.63. The largest absolute Gasteiger partial charge is 0.330 e. The van der Waals surface area contributed by atoms with Crippen molar-refractivity contribution in [1.82, 2.24) is 19.1 Å². The molecule has 19 heavy (non-hydrogen) atoms. The van der Waals surface area contributed by atoms with E-state index in [0.29, 0.717) is 11.2 Å². The Kier molecular flexibility index (Phi) is 3.06. The smallest absolute Gasteiger partial charge is 0.328 e. The van der Waals surface area contributed by atoms with Gasteiger partial charge in [0.05, 0.1) is 6.20 Å². The second kappa shape index (κ2) is 4.61. The maximum absolute atomic E-state index is 12.4. The van der Waals surface area contributed by atoms with Crippen molar-refractivity contribution in [2.24, 2.45) is 12.8 Å². The van der Waals surface area contributed by atoms with Gasteiger partial charge >= 0.3 is 5.69 Å². The lowest BCUT2D eigenvalue weighted by Crippen LogP contribution is -2.32. The van der Waals surface area contributed by atoms with Crippen LogP contribution < -0.4 is 11.4 Å². The molecular weight excluding hydrogens is 266 g/mol. The molecule has 0 unspecified atom stereocenters. The fraction of sp³-hybridized carbons (Fsp3) is 0.583. The van der Waals surface area contributed by atoms with E-state index in [2.05, 4.69) is 9.97 Å². The highest BCUT2D eigenvalue weighted by atomic mass is 35.5. The van der Waals surface area contributed by atoms with E-state index in [-0.39, 0.29) is 23.1 Å². The number of nitrogens with two attached hydrogens (primary N) is 1. The van der Waals surface area contributed by atoms with E-state index in [4.69, 9.17) is 17.3 Å². The van der Waals surface area contributed by atoms with Gasteiger partial charge in [-0.3, -0.25) is 9.13 Å². The number of rotatable bonds is 1. The number of nitrogens with zero attached hydrogens (tertiary/aromatic N) is 4. The summed E-state index contributed by atoms with van der Waals surface area (Å²) in [5.74, 6) is 0. The highest BCUT2D eigenvalue weighted by molar-refractivity contribution is 6.28. The van der Waals surface area contributed by atoms with Crippen LogP contribution >= 0.6 is 11.6 Å². The maximum atomic E-state index is 12.4. The zero-order valence-electron chi connectivity index (χ0n) is 10.7. The van der Waals surface area contributed by atoms with Gasteiger partial charge in [-0.2, -0.15) is 4.98 Å². The van der Waals surface area contributed by atoms with E-state index < -0.39 is 0 Å². The lowest BCUT2D eigenvalue weighted by Gasteiger charge is -2.26. The van der Waals surface area contributed by atoms with E-state index in [1.165, 1.54) is 0 Å². The summed E-state index contributed by atoms with van der Waals surface area (Å²) >= 11 is 5.85. The van der Waals surface area contributed by atoms with Crippen LogP contribution in [0.15, 0.2) is 11.0 Å². The molecule has 102 valence electrons. The van der Waals surface area contributed by atoms with E-state index in [1.807, 2.05) is 0 Å². The SMILES string of the molecule is Cn1c(=O)n(C2CCC(N)CC2)c2nc(Cl)ncc21. The Balaban J connectivity index is 2.15. The lowest BCUT2D eigenvalue weighted by molar-refractivity contribution is 0.321. The van der Waals surface area contributed by atoms with Crippen molar-refractivity contribution in [2.45, 2.75) is 37.8 Å². The zero-order chi connectivity index (χ0) is 13.6. The number of aryl methyl sites for hydroxylation is 1. The minimum Gasteiger partial charge on any atom is -0.328 e. The average molecular weight is 282 g/mol. The summed E-state index contributed by atoms with van der Waals surface area (Å²) in [6.45, 7) is 0. The monoisotopic (exact) mass is 281 g/mol. The molecule has 2 heterocycles. The Labute approximate surface area is 115 Å². The molecule has 0 amide bonds. The van der Waals surface area contributed by atoms with Crippen LogP contribution in [0.2, 0.25) is 5.28 Å². The second-order valence-electron chi connectivity index (χ2n) is 5.13. The van der Waals surface area contributed by atoms with Crippen molar-refractivity contribution < 1.29 is 0 Å². The molecule has 0 saturated heterocycles. The first kappa shape index (κ1) is 12.6. The number of hydrogen-bond donors (Lipinski definition) is 1. The molecule has 0 bridgehead atoms. The van der Waals surface area contributed by atoms with Crippen LogP contribution in [0.1, 0.15) is 31.7 Å². The first-order valence-electron chi connectivity index (χ1n) is 6.43. The number of fused-ring (bicyclic) bond motifs is 1. The van der Waals surface area contributed by atoms with Crippen molar-refractivity contribution in [3.05, 3.63) is 22.0 Å². The Morgan fingerprint density at radius 1 is 1.37 bits per heavy atom. The minimum atomic E-state index is -0.0629. The summed E-state index contributed by atoms with van der Waals surface area (Å²) in [6, 6.07) is 0.405. The summed E-state index contributed by atoms with van der Waals surface area (Å²) in [5, 5.41) is 0.166. The molecule has 3 rings (SSSR count). The maximum Gasteiger partial charge on any atom is 0.330 e. The molecular formula is C12H16ClN5O. The highest BCUT2D eigenvalue weighted by Crippen LogP contribution is 2.28. The fourth-order valence-electron chi connectivity index (χ4n) is 2.80. The van der Waals surface area contributed by atoms with Gasteiger partial charge in [0.15, 0.2) is 5.65 Å². The third-order valence-corrected chi connectivity index (χ3v) is 4.09. The molecule has 1 aliphatic carbocycles. The summed E-state index contributed by atoms with van der Waals surface area (Å²) in [4.78, 5) is 20.5. The number of halogens is 1. The quantitative estimate of drug-likeness (QED) is 0.797. The highest BCUT2D eigenvalue weighted by Gasteiger charge is 2.25. The second-order valence-corrected chi connectivity index (χ2v) is 5.47. The molecule has 0 aliphatic heterocycles. The number of aromatic nitrogens is 4. The molecule has 1 fully saturated rings. The van der Waals surface area contributed by atoms with Gasteiger partial charge < -0.3 is 5.73 Å². The molecule has 1 aliphatic rings. The Morgan fingerprint density at radius 3 is 2.74 bits per heavy atom. The normalized spacial score (nSPS) is 23.9. The van der Waals surface area contributed by atoms with Gasteiger partial charge in [0.2, 0.25) is 5.28 Å². The molecule has 6 nitrogen and oxygen atoms in total. The van der Waals surface area contributed by atoms with Crippen molar-refractivity contribution in [2.75, 3.05) is 0 Å². The molecule has 1 saturated carbocycles. The van der Waals surface area contributed by atoms with Crippen LogP contribution in [0.4, 0.5) is 0 Å². The van der Waals surface area contributed by atoms with Crippen LogP contribution in [-0.4, -0.2) is 25.1 Å². The van der Waals surface area contributed by atoms with E-state index in [1.54, 1.807) is 22.4 Å². The molecule has 2 aromatic heterocycles. The van der Waals surface area contributed by atoms with E-state index in [9.17, 15) is 4.79 Å². The van der Waals surface area contributed by atoms with Gasteiger partial charge in [-0.15, -0.1) is 0 Å². The van der Waals surface area contributed by atoms with Gasteiger partial charge in [0, 0.05) is 19.1 Å². The predicted molar refractivity (Wildman–Crippen MR) is 73.3 cm³/mol. The molecule has 0 radical (unpaired) electrons. The van der Waals surface area contributed by atoms with Gasteiger partial charge in [-0.1, -0.05) is 0 Å². The van der Waals surface area contributed by atoms with Crippen molar-refractivity contribution in [3.63, 3.8) is 0 Å². The molecule has 0 aromatic carbocycles. The van der Waals surface area contributed by atoms with Gasteiger partial charge in [-0.05, 0) is 37.3 Å². The molecule has 2 aromatic rings. The molecule has 0 spiro atoms. The van der Waals surface area contributed by atoms with Gasteiger partial charge in [-0.25, -0.2) is 9.78 Å².